The Morgan fingerprint density at radius 1 is 1.47 bits per heavy atom. The van der Waals surface area contributed by atoms with Crippen LogP contribution in [-0.4, -0.2) is 39.5 Å². The molecule has 1 heterocycles. The largest absolute Gasteiger partial charge is 0.383 e. The Labute approximate surface area is 93.5 Å². The molecule has 0 aliphatic carbocycles. The minimum atomic E-state index is 0.484. The van der Waals surface area contributed by atoms with Gasteiger partial charge in [-0.3, -0.25) is 0 Å². The molecule has 0 amide bonds. The lowest BCUT2D eigenvalue weighted by molar-refractivity contribution is 0.145. The molecule has 1 fully saturated rings. The van der Waals surface area contributed by atoms with E-state index in [-0.39, 0.29) is 0 Å². The summed E-state index contributed by atoms with van der Waals surface area (Å²) in [4.78, 5) is 0. The average Bonchev–Trinajstić information content (AvgIpc) is 2.69. The summed E-state index contributed by atoms with van der Waals surface area (Å²) in [5.74, 6) is 1.40. The van der Waals surface area contributed by atoms with E-state index in [1.165, 1.54) is 12.8 Å². The van der Waals surface area contributed by atoms with Crippen LogP contribution in [0.25, 0.3) is 0 Å². The third-order valence-corrected chi connectivity index (χ3v) is 3.13. The predicted molar refractivity (Wildman–Crippen MR) is 62.0 cm³/mol. The normalized spacial score (nSPS) is 23.6. The predicted octanol–water partition coefficient (Wildman–Crippen LogP) is 1.67. The Kier molecular flexibility index (Phi) is 6.22. The second-order valence-electron chi connectivity index (χ2n) is 4.78. The monoisotopic (exact) mass is 215 g/mol. The Morgan fingerprint density at radius 3 is 2.80 bits per heavy atom. The Hall–Kier alpha value is -0.120. The summed E-state index contributed by atoms with van der Waals surface area (Å²) in [5.41, 5.74) is 0. The van der Waals surface area contributed by atoms with E-state index in [1.807, 2.05) is 0 Å². The van der Waals surface area contributed by atoms with Crippen molar-refractivity contribution in [2.75, 3.05) is 33.5 Å². The van der Waals surface area contributed by atoms with E-state index in [1.54, 1.807) is 7.11 Å². The number of ether oxygens (including phenoxy) is 2. The second kappa shape index (κ2) is 7.20. The van der Waals surface area contributed by atoms with Crippen LogP contribution in [0.2, 0.25) is 0 Å². The maximum Gasteiger partial charge on any atom is 0.0618 e. The topological polar surface area (TPSA) is 30.5 Å². The van der Waals surface area contributed by atoms with Crippen LogP contribution in [0.4, 0.5) is 0 Å². The lowest BCUT2D eigenvalue weighted by atomic mass is 10.0. The first-order chi connectivity index (χ1) is 7.24. The first-order valence-electron chi connectivity index (χ1n) is 6.04. The maximum atomic E-state index is 5.36. The van der Waals surface area contributed by atoms with Gasteiger partial charge in [0, 0.05) is 26.4 Å². The molecule has 0 aromatic carbocycles. The third-order valence-electron chi connectivity index (χ3n) is 3.13. The van der Waals surface area contributed by atoms with Gasteiger partial charge >= 0.3 is 0 Å². The van der Waals surface area contributed by atoms with Crippen LogP contribution in [0.1, 0.15) is 26.7 Å². The molecule has 0 aromatic rings. The molecule has 0 aromatic heterocycles. The molecule has 3 nitrogen and oxygen atoms in total. The molecule has 1 rings (SSSR count). The fourth-order valence-electron chi connectivity index (χ4n) is 1.95. The van der Waals surface area contributed by atoms with Gasteiger partial charge in [-0.25, -0.2) is 0 Å². The molecule has 2 atom stereocenters. The Morgan fingerprint density at radius 2 is 2.27 bits per heavy atom. The van der Waals surface area contributed by atoms with E-state index in [4.69, 9.17) is 9.47 Å². The molecular formula is C12H25NO2. The number of rotatable bonds is 7. The zero-order chi connectivity index (χ0) is 11.1. The maximum absolute atomic E-state index is 5.36. The lowest BCUT2D eigenvalue weighted by Gasteiger charge is -2.22. The number of nitrogens with one attached hydrogen (secondary N) is 1. The van der Waals surface area contributed by atoms with Crippen molar-refractivity contribution in [2.24, 2.45) is 11.8 Å². The minimum Gasteiger partial charge on any atom is -0.383 e. The van der Waals surface area contributed by atoms with Gasteiger partial charge in [-0.2, -0.15) is 0 Å². The van der Waals surface area contributed by atoms with Crippen LogP contribution in [0.5, 0.6) is 0 Å². The molecule has 0 saturated carbocycles. The van der Waals surface area contributed by atoms with Gasteiger partial charge in [-0.1, -0.05) is 13.8 Å². The SMILES string of the molecule is COCC(NCCC1CCOC1)C(C)C. The van der Waals surface area contributed by atoms with Crippen LogP contribution >= 0.6 is 0 Å². The standard InChI is InChI=1S/C12H25NO2/c1-10(2)12(9-14-3)13-6-4-11-5-7-15-8-11/h10-13H,4-9H2,1-3H3. The van der Waals surface area contributed by atoms with E-state index >= 15 is 0 Å². The van der Waals surface area contributed by atoms with E-state index < -0.39 is 0 Å². The summed E-state index contributed by atoms with van der Waals surface area (Å²) in [5, 5.41) is 3.57. The van der Waals surface area contributed by atoms with Crippen molar-refractivity contribution >= 4 is 0 Å². The Bertz CT molecular complexity index is 156. The van der Waals surface area contributed by atoms with Crippen molar-refractivity contribution in [2.45, 2.75) is 32.7 Å². The first kappa shape index (κ1) is 12.9. The van der Waals surface area contributed by atoms with Crippen LogP contribution in [0.15, 0.2) is 0 Å². The molecule has 0 radical (unpaired) electrons. The highest BCUT2D eigenvalue weighted by molar-refractivity contribution is 4.72. The second-order valence-corrected chi connectivity index (χ2v) is 4.78. The minimum absolute atomic E-state index is 0.484. The van der Waals surface area contributed by atoms with Gasteiger partial charge in [0.05, 0.1) is 6.61 Å². The summed E-state index contributed by atoms with van der Waals surface area (Å²) in [7, 11) is 1.77. The van der Waals surface area contributed by atoms with Gasteiger partial charge in [-0.15, -0.1) is 0 Å². The summed E-state index contributed by atoms with van der Waals surface area (Å²) < 4.78 is 10.6. The van der Waals surface area contributed by atoms with Crippen molar-refractivity contribution < 1.29 is 9.47 Å². The van der Waals surface area contributed by atoms with E-state index in [0.717, 1.165) is 32.3 Å². The molecule has 1 aliphatic rings. The van der Waals surface area contributed by atoms with Gasteiger partial charge in [0.2, 0.25) is 0 Å². The molecule has 2 unspecified atom stereocenters. The summed E-state index contributed by atoms with van der Waals surface area (Å²) in [6, 6.07) is 0.484. The molecule has 0 bridgehead atoms. The van der Waals surface area contributed by atoms with Crippen molar-refractivity contribution in [1.82, 2.24) is 5.32 Å². The van der Waals surface area contributed by atoms with Gasteiger partial charge in [0.1, 0.15) is 0 Å². The van der Waals surface area contributed by atoms with Crippen molar-refractivity contribution in [3.8, 4) is 0 Å². The average molecular weight is 215 g/mol. The number of methoxy groups -OCH3 is 1. The van der Waals surface area contributed by atoms with Gasteiger partial charge in [0.15, 0.2) is 0 Å². The molecule has 90 valence electrons. The molecule has 3 heteroatoms. The molecule has 1 saturated heterocycles. The van der Waals surface area contributed by atoms with Crippen LogP contribution < -0.4 is 5.32 Å². The van der Waals surface area contributed by atoms with E-state index in [9.17, 15) is 0 Å². The zero-order valence-corrected chi connectivity index (χ0v) is 10.3. The quantitative estimate of drug-likeness (QED) is 0.701. The summed E-state index contributed by atoms with van der Waals surface area (Å²) in [6.07, 6.45) is 2.46. The molecule has 15 heavy (non-hydrogen) atoms. The third kappa shape index (κ3) is 4.96. The fourth-order valence-corrected chi connectivity index (χ4v) is 1.95. The van der Waals surface area contributed by atoms with Crippen molar-refractivity contribution in [3.63, 3.8) is 0 Å². The van der Waals surface area contributed by atoms with Crippen LogP contribution in [0, 0.1) is 11.8 Å². The number of hydrogen-bond acceptors (Lipinski definition) is 3. The summed E-state index contributed by atoms with van der Waals surface area (Å²) in [6.45, 7) is 8.26. The molecule has 1 aliphatic heterocycles. The van der Waals surface area contributed by atoms with Gasteiger partial charge < -0.3 is 14.8 Å². The molecule has 1 N–H and O–H groups in total. The first-order valence-corrected chi connectivity index (χ1v) is 6.04. The van der Waals surface area contributed by atoms with Gasteiger partial charge in [-0.05, 0) is 31.2 Å². The lowest BCUT2D eigenvalue weighted by Crippen LogP contribution is -2.38. The van der Waals surface area contributed by atoms with Crippen molar-refractivity contribution in [1.29, 1.82) is 0 Å². The highest BCUT2D eigenvalue weighted by Crippen LogP contribution is 2.15. The van der Waals surface area contributed by atoms with E-state index in [0.29, 0.717) is 12.0 Å². The fraction of sp³-hybridized carbons (Fsp3) is 1.00. The zero-order valence-electron chi connectivity index (χ0n) is 10.3. The van der Waals surface area contributed by atoms with E-state index in [2.05, 4.69) is 19.2 Å². The Balaban J connectivity index is 2.09. The van der Waals surface area contributed by atoms with Crippen molar-refractivity contribution in [3.05, 3.63) is 0 Å². The highest BCUT2D eigenvalue weighted by atomic mass is 16.5. The summed E-state index contributed by atoms with van der Waals surface area (Å²) >= 11 is 0. The van der Waals surface area contributed by atoms with Crippen LogP contribution in [0.3, 0.4) is 0 Å². The smallest absolute Gasteiger partial charge is 0.0618 e. The highest BCUT2D eigenvalue weighted by Gasteiger charge is 2.17. The molecular weight excluding hydrogens is 190 g/mol. The van der Waals surface area contributed by atoms with Gasteiger partial charge in [0.25, 0.3) is 0 Å². The van der Waals surface area contributed by atoms with Crippen LogP contribution in [-0.2, 0) is 9.47 Å². The molecule has 0 spiro atoms. The number of hydrogen-bond donors (Lipinski definition) is 1.